The molecule has 3 aromatic rings. The zero-order chi connectivity index (χ0) is 35.2. The highest BCUT2D eigenvalue weighted by Crippen LogP contribution is 2.58. The van der Waals surface area contributed by atoms with E-state index < -0.39 is 0 Å². The lowest BCUT2D eigenvalue weighted by Crippen LogP contribution is -2.52. The van der Waals surface area contributed by atoms with E-state index in [4.69, 9.17) is 26.1 Å². The van der Waals surface area contributed by atoms with E-state index in [2.05, 4.69) is 51.0 Å². The number of halogens is 1. The normalized spacial score (nSPS) is 26.5. The SMILES string of the molecule is COc1ccc(C23CCC(CN(C(=O)C4CCC(OC(=O)N5CC(C)C5)CC4)c4cc(-c5cnn(C(C)C)c5)c(Cl)cn4)(CC2)CC3)cc1C. The van der Waals surface area contributed by atoms with Crippen molar-refractivity contribution >= 4 is 29.4 Å². The maximum absolute atomic E-state index is 14.7. The molecule has 2 aromatic heterocycles. The molecule has 1 aromatic carbocycles. The van der Waals surface area contributed by atoms with Crippen molar-refractivity contribution in [2.45, 2.75) is 109 Å². The molecule has 4 saturated carbocycles. The number of hydrogen-bond donors (Lipinski definition) is 0. The van der Waals surface area contributed by atoms with Crippen LogP contribution in [0.25, 0.3) is 11.1 Å². The van der Waals surface area contributed by atoms with Gasteiger partial charge in [0.15, 0.2) is 0 Å². The molecule has 10 heteroatoms. The van der Waals surface area contributed by atoms with Crippen LogP contribution in [0, 0.1) is 24.2 Å². The molecule has 0 N–H and O–H groups in total. The lowest BCUT2D eigenvalue weighted by atomic mass is 9.51. The van der Waals surface area contributed by atoms with Crippen molar-refractivity contribution in [1.82, 2.24) is 19.7 Å². The van der Waals surface area contributed by atoms with Crippen LogP contribution >= 0.6 is 11.6 Å². The van der Waals surface area contributed by atoms with Gasteiger partial charge in [-0.25, -0.2) is 9.78 Å². The van der Waals surface area contributed by atoms with Gasteiger partial charge in [0.25, 0.3) is 0 Å². The first kappa shape index (κ1) is 34.8. The van der Waals surface area contributed by atoms with Gasteiger partial charge in [-0.05, 0) is 125 Å². The van der Waals surface area contributed by atoms with Crippen LogP contribution in [0.4, 0.5) is 10.6 Å². The van der Waals surface area contributed by atoms with Crippen molar-refractivity contribution in [3.05, 3.63) is 59.0 Å². The first-order valence-corrected chi connectivity index (χ1v) is 19.0. The van der Waals surface area contributed by atoms with Gasteiger partial charge in [0.1, 0.15) is 17.7 Å². The van der Waals surface area contributed by atoms with Crippen LogP contribution in [0.1, 0.15) is 102 Å². The standard InChI is InChI=1S/C40H52ClN5O4/c1-26(2)46-24-30(20-43-46)33-19-36(42-21-34(33)41)45(37(47)29-6-9-32(10-7-29)50-38(48)44-22-27(3)23-44)25-39-12-15-40(16-13-39,17-14-39)31-8-11-35(49-5)28(4)18-31/h8,11,18-21,24,26-27,29,32H,6-7,9-10,12-17,22-23,25H2,1-5H3. The number of benzene rings is 1. The number of hydrogen-bond acceptors (Lipinski definition) is 6. The summed E-state index contributed by atoms with van der Waals surface area (Å²) >= 11 is 6.76. The van der Waals surface area contributed by atoms with Gasteiger partial charge in [0.2, 0.25) is 5.91 Å². The number of aromatic nitrogens is 3. The summed E-state index contributed by atoms with van der Waals surface area (Å²) in [6.07, 6.45) is 14.5. The maximum Gasteiger partial charge on any atom is 0.410 e. The van der Waals surface area contributed by atoms with Gasteiger partial charge in [-0.15, -0.1) is 0 Å². The van der Waals surface area contributed by atoms with Crippen LogP contribution in [0.5, 0.6) is 5.75 Å². The molecule has 2 bridgehead atoms. The van der Waals surface area contributed by atoms with Crippen LogP contribution in [-0.2, 0) is 14.9 Å². The number of carbonyl (C=O) groups excluding carboxylic acids is 2. The third kappa shape index (κ3) is 6.74. The Kier molecular flexibility index (Phi) is 9.65. The quantitative estimate of drug-likeness (QED) is 0.222. The second-order valence-corrected chi connectivity index (χ2v) is 16.5. The summed E-state index contributed by atoms with van der Waals surface area (Å²) in [7, 11) is 1.73. The molecule has 8 rings (SSSR count). The van der Waals surface area contributed by atoms with Crippen LogP contribution in [0.3, 0.4) is 0 Å². The number of nitrogens with zero attached hydrogens (tertiary/aromatic N) is 5. The predicted molar refractivity (Wildman–Crippen MR) is 196 cm³/mol. The van der Waals surface area contributed by atoms with Crippen LogP contribution in [0.15, 0.2) is 42.9 Å². The number of carbonyl (C=O) groups is 2. The van der Waals surface area contributed by atoms with E-state index in [-0.39, 0.29) is 40.9 Å². The molecule has 5 aliphatic rings. The second-order valence-electron chi connectivity index (χ2n) is 16.1. The van der Waals surface area contributed by atoms with Crippen molar-refractivity contribution < 1.29 is 19.1 Å². The highest BCUT2D eigenvalue weighted by atomic mass is 35.5. The topological polar surface area (TPSA) is 89.8 Å². The number of likely N-dealkylation sites (tertiary alicyclic amines) is 1. The Morgan fingerprint density at radius 2 is 1.72 bits per heavy atom. The highest BCUT2D eigenvalue weighted by molar-refractivity contribution is 6.33. The second kappa shape index (κ2) is 13.9. The number of aryl methyl sites for hydroxylation is 1. The smallest absolute Gasteiger partial charge is 0.410 e. The summed E-state index contributed by atoms with van der Waals surface area (Å²) in [5, 5.41) is 5.09. The molecular formula is C40H52ClN5O4. The number of pyridine rings is 1. The highest BCUT2D eigenvalue weighted by Gasteiger charge is 2.51. The largest absolute Gasteiger partial charge is 0.496 e. The monoisotopic (exact) mass is 701 g/mol. The average molecular weight is 702 g/mol. The first-order chi connectivity index (χ1) is 24.0. The Morgan fingerprint density at radius 1 is 1.02 bits per heavy atom. The number of ether oxygens (including phenoxy) is 2. The van der Waals surface area contributed by atoms with E-state index in [1.54, 1.807) is 18.2 Å². The maximum atomic E-state index is 14.7. The van der Waals surface area contributed by atoms with Gasteiger partial charge in [-0.2, -0.15) is 5.10 Å². The molecule has 50 heavy (non-hydrogen) atoms. The van der Waals surface area contributed by atoms with Gasteiger partial charge in [-0.3, -0.25) is 14.4 Å². The molecule has 0 unspecified atom stereocenters. The molecule has 0 spiro atoms. The van der Waals surface area contributed by atoms with Crippen LogP contribution in [0.2, 0.25) is 5.02 Å². The fourth-order valence-corrected chi connectivity index (χ4v) is 9.23. The molecule has 1 saturated heterocycles. The first-order valence-electron chi connectivity index (χ1n) is 18.6. The lowest BCUT2D eigenvalue weighted by molar-refractivity contribution is -0.124. The number of methoxy groups -OCH3 is 1. The van der Waals surface area contributed by atoms with E-state index in [1.807, 2.05) is 28.0 Å². The number of amides is 2. The summed E-state index contributed by atoms with van der Waals surface area (Å²) in [5.41, 5.74) is 4.55. The van der Waals surface area contributed by atoms with Crippen molar-refractivity contribution in [1.29, 1.82) is 0 Å². The van der Waals surface area contributed by atoms with Crippen molar-refractivity contribution in [2.75, 3.05) is 31.6 Å². The van der Waals surface area contributed by atoms with Gasteiger partial charge in [-0.1, -0.05) is 30.7 Å². The van der Waals surface area contributed by atoms with Gasteiger partial charge < -0.3 is 14.4 Å². The number of anilines is 1. The van der Waals surface area contributed by atoms with Crippen LogP contribution in [-0.4, -0.2) is 64.5 Å². The third-order valence-electron chi connectivity index (χ3n) is 12.3. The molecule has 268 valence electrons. The van der Waals surface area contributed by atoms with E-state index in [1.165, 1.54) is 11.1 Å². The van der Waals surface area contributed by atoms with E-state index in [9.17, 15) is 9.59 Å². The average Bonchev–Trinajstić information content (AvgIpc) is 3.61. The van der Waals surface area contributed by atoms with Crippen LogP contribution < -0.4 is 9.64 Å². The molecule has 0 atom stereocenters. The minimum absolute atomic E-state index is 0.0318. The van der Waals surface area contributed by atoms with E-state index in [0.29, 0.717) is 49.0 Å². The Labute approximate surface area is 301 Å². The molecular weight excluding hydrogens is 650 g/mol. The predicted octanol–water partition coefficient (Wildman–Crippen LogP) is 8.77. The Bertz CT molecular complexity index is 1700. The molecule has 3 heterocycles. The van der Waals surface area contributed by atoms with Gasteiger partial charge >= 0.3 is 6.09 Å². The zero-order valence-corrected chi connectivity index (χ0v) is 31.0. The molecule has 9 nitrogen and oxygen atoms in total. The fourth-order valence-electron chi connectivity index (χ4n) is 9.02. The molecule has 0 radical (unpaired) electrons. The van der Waals surface area contributed by atoms with Crippen molar-refractivity contribution in [3.63, 3.8) is 0 Å². The van der Waals surface area contributed by atoms with Crippen molar-refractivity contribution in [3.8, 4) is 16.9 Å². The molecule has 2 amide bonds. The lowest BCUT2D eigenvalue weighted by Gasteiger charge is -2.55. The summed E-state index contributed by atoms with van der Waals surface area (Å²) in [6, 6.07) is 8.91. The van der Waals surface area contributed by atoms with Crippen molar-refractivity contribution in [2.24, 2.45) is 17.3 Å². The molecule has 4 aliphatic carbocycles. The minimum Gasteiger partial charge on any atom is -0.496 e. The van der Waals surface area contributed by atoms with Gasteiger partial charge in [0.05, 0.1) is 18.3 Å². The summed E-state index contributed by atoms with van der Waals surface area (Å²) in [4.78, 5) is 35.9. The molecule has 1 aliphatic heterocycles. The Morgan fingerprint density at radius 3 is 2.32 bits per heavy atom. The Hall–Kier alpha value is -3.59. The number of rotatable bonds is 9. The Balaban J connectivity index is 1.12. The fraction of sp³-hybridized carbons (Fsp3) is 0.600. The summed E-state index contributed by atoms with van der Waals surface area (Å²) < 4.78 is 13.3. The van der Waals surface area contributed by atoms with Gasteiger partial charge in [0, 0.05) is 55.1 Å². The van der Waals surface area contributed by atoms with E-state index >= 15 is 0 Å². The minimum atomic E-state index is -0.215. The summed E-state index contributed by atoms with van der Waals surface area (Å²) in [6.45, 7) is 10.6. The number of fused-ring (bicyclic) bond motifs is 3. The zero-order valence-electron chi connectivity index (χ0n) is 30.3. The summed E-state index contributed by atoms with van der Waals surface area (Å²) in [5.74, 6) is 2.08. The third-order valence-corrected chi connectivity index (χ3v) is 12.6. The molecule has 5 fully saturated rings. The van der Waals surface area contributed by atoms with E-state index in [0.717, 1.165) is 68.5 Å².